The van der Waals surface area contributed by atoms with Crippen LogP contribution < -0.4 is 5.32 Å². The number of carboxylic acids is 1. The molecule has 0 bridgehead atoms. The Morgan fingerprint density at radius 3 is 2.81 bits per heavy atom. The summed E-state index contributed by atoms with van der Waals surface area (Å²) in [6.07, 6.45) is -3.09. The number of thiophene rings is 1. The zero-order valence-electron chi connectivity index (χ0n) is 10.5. The Bertz CT molecular complexity index is 642. The molecule has 7 nitrogen and oxygen atoms in total. The van der Waals surface area contributed by atoms with Crippen molar-refractivity contribution in [3.63, 3.8) is 0 Å². The van der Waals surface area contributed by atoms with Crippen molar-refractivity contribution in [1.82, 2.24) is 20.3 Å². The Morgan fingerprint density at radius 2 is 2.24 bits per heavy atom. The minimum atomic E-state index is -3.09. The first kappa shape index (κ1) is 15.0. The molecular formula is C11H10F2N4O3S. The number of hydrogen-bond acceptors (Lipinski definition) is 5. The highest BCUT2D eigenvalue weighted by Crippen LogP contribution is 2.21. The molecule has 2 aromatic heterocycles. The maximum absolute atomic E-state index is 12.8. The van der Waals surface area contributed by atoms with Gasteiger partial charge >= 0.3 is 5.97 Å². The molecule has 0 spiro atoms. The van der Waals surface area contributed by atoms with Crippen molar-refractivity contribution in [2.45, 2.75) is 19.5 Å². The standard InChI is InChI=1S/C11H10F2N4O3S/c12-10(13)9-8(11(19)20)15-16-17(9)5-7(18)14-4-6-2-1-3-21-6/h1-3,10H,4-5H2,(H,14,18)(H,19,20). The molecule has 0 aliphatic carbocycles. The van der Waals surface area contributed by atoms with Crippen LogP contribution in [0.25, 0.3) is 0 Å². The number of alkyl halides is 2. The molecule has 0 atom stereocenters. The lowest BCUT2D eigenvalue weighted by Gasteiger charge is -2.06. The smallest absolute Gasteiger partial charge is 0.358 e. The van der Waals surface area contributed by atoms with E-state index in [9.17, 15) is 18.4 Å². The highest BCUT2D eigenvalue weighted by molar-refractivity contribution is 7.09. The highest BCUT2D eigenvalue weighted by Gasteiger charge is 2.27. The van der Waals surface area contributed by atoms with Crippen LogP contribution in [0.3, 0.4) is 0 Å². The van der Waals surface area contributed by atoms with Gasteiger partial charge in [0.05, 0.1) is 6.54 Å². The Balaban J connectivity index is 2.05. The summed E-state index contributed by atoms with van der Waals surface area (Å²) < 4.78 is 26.3. The van der Waals surface area contributed by atoms with Crippen LogP contribution in [-0.4, -0.2) is 32.0 Å². The molecule has 1 amide bonds. The van der Waals surface area contributed by atoms with Gasteiger partial charge in [-0.3, -0.25) is 4.79 Å². The van der Waals surface area contributed by atoms with Gasteiger partial charge in [-0.15, -0.1) is 16.4 Å². The maximum Gasteiger partial charge on any atom is 0.358 e. The van der Waals surface area contributed by atoms with E-state index in [0.29, 0.717) is 4.68 Å². The summed E-state index contributed by atoms with van der Waals surface area (Å²) in [4.78, 5) is 23.3. The summed E-state index contributed by atoms with van der Waals surface area (Å²) in [5.74, 6) is -2.18. The van der Waals surface area contributed by atoms with Gasteiger partial charge in [0.15, 0.2) is 5.69 Å². The minimum Gasteiger partial charge on any atom is -0.476 e. The predicted octanol–water partition coefficient (Wildman–Crippen LogP) is 1.29. The van der Waals surface area contributed by atoms with Crippen LogP contribution in [-0.2, 0) is 17.9 Å². The second-order valence-electron chi connectivity index (χ2n) is 3.94. The molecule has 0 radical (unpaired) electrons. The Kier molecular flexibility index (Phi) is 4.58. The molecule has 0 aliphatic heterocycles. The van der Waals surface area contributed by atoms with E-state index < -0.39 is 36.2 Å². The molecule has 0 fully saturated rings. The summed E-state index contributed by atoms with van der Waals surface area (Å²) in [5.41, 5.74) is -1.73. The Labute approximate surface area is 121 Å². The lowest BCUT2D eigenvalue weighted by molar-refractivity contribution is -0.122. The van der Waals surface area contributed by atoms with Crippen molar-refractivity contribution in [3.05, 3.63) is 33.8 Å². The number of nitrogens with one attached hydrogen (secondary N) is 1. The van der Waals surface area contributed by atoms with E-state index in [-0.39, 0.29) is 6.54 Å². The molecule has 2 heterocycles. The van der Waals surface area contributed by atoms with E-state index in [2.05, 4.69) is 15.6 Å². The second-order valence-corrected chi connectivity index (χ2v) is 4.98. The van der Waals surface area contributed by atoms with Crippen molar-refractivity contribution < 1.29 is 23.5 Å². The fourth-order valence-electron chi connectivity index (χ4n) is 1.60. The number of halogens is 2. The summed E-state index contributed by atoms with van der Waals surface area (Å²) in [5, 5.41) is 19.6. The Morgan fingerprint density at radius 1 is 1.48 bits per heavy atom. The molecule has 0 saturated heterocycles. The zero-order chi connectivity index (χ0) is 15.4. The first-order chi connectivity index (χ1) is 9.99. The van der Waals surface area contributed by atoms with E-state index >= 15 is 0 Å². The predicted molar refractivity (Wildman–Crippen MR) is 68.1 cm³/mol. The largest absolute Gasteiger partial charge is 0.476 e. The molecule has 2 N–H and O–H groups in total. The molecule has 0 aliphatic rings. The third-order valence-corrected chi connectivity index (χ3v) is 3.39. The van der Waals surface area contributed by atoms with Gasteiger partial charge in [0, 0.05) is 4.88 Å². The van der Waals surface area contributed by atoms with E-state index in [1.54, 1.807) is 0 Å². The van der Waals surface area contributed by atoms with Gasteiger partial charge in [-0.05, 0) is 11.4 Å². The van der Waals surface area contributed by atoms with E-state index in [1.165, 1.54) is 11.3 Å². The summed E-state index contributed by atoms with van der Waals surface area (Å²) in [6, 6.07) is 3.63. The number of nitrogens with zero attached hydrogens (tertiary/aromatic N) is 3. The van der Waals surface area contributed by atoms with Crippen LogP contribution >= 0.6 is 11.3 Å². The summed E-state index contributed by atoms with van der Waals surface area (Å²) in [6.45, 7) is -0.258. The number of rotatable bonds is 6. The number of aromatic nitrogens is 3. The lowest BCUT2D eigenvalue weighted by atomic mass is 10.3. The molecule has 0 saturated carbocycles. The SMILES string of the molecule is O=C(Cn1nnc(C(=O)O)c1C(F)F)NCc1cccs1. The van der Waals surface area contributed by atoms with Gasteiger partial charge in [-0.1, -0.05) is 11.3 Å². The quantitative estimate of drug-likeness (QED) is 0.837. The van der Waals surface area contributed by atoms with Crippen LogP contribution in [0.5, 0.6) is 0 Å². The minimum absolute atomic E-state index is 0.265. The third kappa shape index (κ3) is 3.60. The van der Waals surface area contributed by atoms with Crippen molar-refractivity contribution in [2.24, 2.45) is 0 Å². The van der Waals surface area contributed by atoms with Crippen LogP contribution in [0.2, 0.25) is 0 Å². The molecule has 2 aromatic rings. The van der Waals surface area contributed by atoms with Gasteiger partial charge in [-0.25, -0.2) is 18.3 Å². The number of carboxylic acid groups (broad SMARTS) is 1. The summed E-state index contributed by atoms with van der Waals surface area (Å²) >= 11 is 1.44. The molecule has 112 valence electrons. The third-order valence-electron chi connectivity index (χ3n) is 2.52. The molecule has 0 aromatic carbocycles. The van der Waals surface area contributed by atoms with Crippen molar-refractivity contribution in [2.75, 3.05) is 0 Å². The van der Waals surface area contributed by atoms with Crippen molar-refractivity contribution in [1.29, 1.82) is 0 Å². The van der Waals surface area contributed by atoms with Gasteiger partial charge in [0.25, 0.3) is 6.43 Å². The highest BCUT2D eigenvalue weighted by atomic mass is 32.1. The molecular weight excluding hydrogens is 306 g/mol. The van der Waals surface area contributed by atoms with Crippen LogP contribution in [0.1, 0.15) is 27.5 Å². The monoisotopic (exact) mass is 316 g/mol. The molecule has 10 heteroatoms. The van der Waals surface area contributed by atoms with Crippen LogP contribution in [0, 0.1) is 0 Å². The van der Waals surface area contributed by atoms with Gasteiger partial charge in [0.2, 0.25) is 5.91 Å². The summed E-state index contributed by atoms with van der Waals surface area (Å²) in [7, 11) is 0. The Hall–Kier alpha value is -2.36. The van der Waals surface area contributed by atoms with E-state index in [4.69, 9.17) is 5.11 Å². The molecule has 21 heavy (non-hydrogen) atoms. The molecule has 0 unspecified atom stereocenters. The van der Waals surface area contributed by atoms with Gasteiger partial charge < -0.3 is 10.4 Å². The van der Waals surface area contributed by atoms with Gasteiger partial charge in [0.1, 0.15) is 12.2 Å². The zero-order valence-corrected chi connectivity index (χ0v) is 11.3. The number of carbonyl (C=O) groups is 2. The normalized spacial score (nSPS) is 10.8. The van der Waals surface area contributed by atoms with Crippen LogP contribution in [0.4, 0.5) is 8.78 Å². The fraction of sp³-hybridized carbons (Fsp3) is 0.273. The topological polar surface area (TPSA) is 97.1 Å². The van der Waals surface area contributed by atoms with E-state index in [0.717, 1.165) is 4.88 Å². The fourth-order valence-corrected chi connectivity index (χ4v) is 2.24. The lowest BCUT2D eigenvalue weighted by Crippen LogP contribution is -2.28. The molecule has 2 rings (SSSR count). The number of aromatic carboxylic acids is 1. The second kappa shape index (κ2) is 6.39. The van der Waals surface area contributed by atoms with Crippen molar-refractivity contribution >= 4 is 23.2 Å². The number of amides is 1. The van der Waals surface area contributed by atoms with Gasteiger partial charge in [-0.2, -0.15) is 0 Å². The van der Waals surface area contributed by atoms with E-state index in [1.807, 2.05) is 17.5 Å². The van der Waals surface area contributed by atoms with Crippen molar-refractivity contribution in [3.8, 4) is 0 Å². The number of carbonyl (C=O) groups excluding carboxylic acids is 1. The maximum atomic E-state index is 12.8. The van der Waals surface area contributed by atoms with Crippen LogP contribution in [0.15, 0.2) is 17.5 Å². The average Bonchev–Trinajstić information content (AvgIpc) is 3.04. The average molecular weight is 316 g/mol. The first-order valence-electron chi connectivity index (χ1n) is 5.73. The first-order valence-corrected chi connectivity index (χ1v) is 6.61. The number of hydrogen-bond donors (Lipinski definition) is 2.